The van der Waals surface area contributed by atoms with Gasteiger partial charge in [-0.2, -0.15) is 0 Å². The molecule has 0 rings (SSSR count). The molecule has 0 aromatic rings. The molecule has 34 heavy (non-hydrogen) atoms. The average molecular weight is 485 g/mol. The highest BCUT2D eigenvalue weighted by molar-refractivity contribution is 5.87. The maximum atomic E-state index is 10.7. The molecule has 0 radical (unpaired) electrons. The van der Waals surface area contributed by atoms with Gasteiger partial charge in [-0.25, -0.2) is 19.2 Å². The fourth-order valence-electron chi connectivity index (χ4n) is 1.00. The van der Waals surface area contributed by atoms with Gasteiger partial charge in [-0.05, 0) is 39.0 Å². The number of hydrogen-bond donors (Lipinski definition) is 1. The molecule has 8 nitrogen and oxygen atoms in total. The van der Waals surface area contributed by atoms with Crippen molar-refractivity contribution in [2.75, 3.05) is 13.2 Å². The minimum atomic E-state index is -0.935. The van der Waals surface area contributed by atoms with Crippen LogP contribution in [0.5, 0.6) is 0 Å². The van der Waals surface area contributed by atoms with Gasteiger partial charge < -0.3 is 19.3 Å². The summed E-state index contributed by atoms with van der Waals surface area (Å²) in [7, 11) is 0. The van der Waals surface area contributed by atoms with Crippen molar-refractivity contribution in [2.24, 2.45) is 11.8 Å². The summed E-state index contributed by atoms with van der Waals surface area (Å²) < 4.78 is 14.3. The third-order valence-electron chi connectivity index (χ3n) is 3.05. The van der Waals surface area contributed by atoms with Crippen LogP contribution in [0.4, 0.5) is 0 Å². The Bertz CT molecular complexity index is 648. The fourth-order valence-corrected chi connectivity index (χ4v) is 1.00. The van der Waals surface area contributed by atoms with E-state index in [0.717, 1.165) is 6.42 Å². The summed E-state index contributed by atoms with van der Waals surface area (Å²) in [5, 5.41) is 7.89. The summed E-state index contributed by atoms with van der Waals surface area (Å²) in [6.07, 6.45) is 3.20. The van der Waals surface area contributed by atoms with Crippen LogP contribution in [0, 0.1) is 11.8 Å². The Kier molecular flexibility index (Phi) is 27.4. The second kappa shape index (κ2) is 24.5. The highest BCUT2D eigenvalue weighted by Crippen LogP contribution is 1.97. The van der Waals surface area contributed by atoms with Crippen molar-refractivity contribution in [3.8, 4) is 0 Å². The Labute approximate surface area is 205 Å². The molecule has 0 aliphatic carbocycles. The molecule has 0 saturated carbocycles. The van der Waals surface area contributed by atoms with Gasteiger partial charge in [0.2, 0.25) is 0 Å². The zero-order valence-electron chi connectivity index (χ0n) is 22.1. The van der Waals surface area contributed by atoms with Crippen molar-refractivity contribution in [2.45, 2.75) is 67.9 Å². The van der Waals surface area contributed by atoms with E-state index in [9.17, 15) is 19.2 Å². The van der Waals surface area contributed by atoms with Crippen molar-refractivity contribution >= 4 is 23.9 Å². The lowest BCUT2D eigenvalue weighted by atomic mass is 10.2. The van der Waals surface area contributed by atoms with Crippen molar-refractivity contribution in [3.05, 3.63) is 49.6 Å². The van der Waals surface area contributed by atoms with Gasteiger partial charge in [0.1, 0.15) is 0 Å². The van der Waals surface area contributed by atoms with E-state index in [2.05, 4.69) is 26.3 Å². The number of aliphatic carboxylic acids is 1. The first-order valence-corrected chi connectivity index (χ1v) is 10.9. The highest BCUT2D eigenvalue weighted by atomic mass is 16.5. The number of hydrogen-bond acceptors (Lipinski definition) is 7. The zero-order chi connectivity index (χ0) is 27.9. The molecule has 0 saturated heterocycles. The van der Waals surface area contributed by atoms with E-state index in [0.29, 0.717) is 30.6 Å². The number of rotatable bonds is 10. The summed E-state index contributed by atoms with van der Waals surface area (Å²) in [4.78, 5) is 41.1. The maximum Gasteiger partial charge on any atom is 0.333 e. The number of ether oxygens (including phenoxy) is 3. The molecular weight excluding hydrogens is 440 g/mol. The molecule has 0 bridgehead atoms. The van der Waals surface area contributed by atoms with Crippen LogP contribution in [0.3, 0.4) is 0 Å². The lowest BCUT2D eigenvalue weighted by molar-refractivity contribution is -0.142. The fraction of sp³-hybridized carbons (Fsp3) is 0.538. The Hall–Kier alpha value is -3.16. The number of carbonyl (C=O) groups is 4. The normalized spacial score (nSPS) is 9.82. The van der Waals surface area contributed by atoms with E-state index in [4.69, 9.17) is 19.3 Å². The third-order valence-corrected chi connectivity index (χ3v) is 3.05. The Morgan fingerprint density at radius 1 is 0.794 bits per heavy atom. The van der Waals surface area contributed by atoms with E-state index >= 15 is 0 Å². The van der Waals surface area contributed by atoms with Gasteiger partial charge in [-0.15, -0.1) is 0 Å². The maximum absolute atomic E-state index is 10.7. The zero-order valence-corrected chi connectivity index (χ0v) is 22.1. The van der Waals surface area contributed by atoms with Gasteiger partial charge in [-0.3, -0.25) is 0 Å². The molecule has 1 unspecified atom stereocenters. The average Bonchev–Trinajstić information content (AvgIpc) is 2.76. The molecule has 0 spiro atoms. The Balaban J connectivity index is -0.000000179. The van der Waals surface area contributed by atoms with E-state index in [-0.39, 0.29) is 29.6 Å². The second-order valence-electron chi connectivity index (χ2n) is 7.95. The lowest BCUT2D eigenvalue weighted by Gasteiger charge is -2.07. The van der Waals surface area contributed by atoms with E-state index < -0.39 is 5.97 Å². The SMILES string of the molecule is C=C(C)C(=O)O.C=C(C)C(=O)OCC(C)C.C=CC(=O)OC(C)CC.C=CC(=O)OCC(C)C. The molecule has 8 heteroatoms. The van der Waals surface area contributed by atoms with Gasteiger partial charge in [0.05, 0.1) is 19.3 Å². The predicted octanol–water partition coefficient (Wildman–Crippen LogP) is 5.29. The van der Waals surface area contributed by atoms with Gasteiger partial charge in [0.25, 0.3) is 0 Å². The number of carboxylic acids is 1. The summed E-state index contributed by atoms with van der Waals surface area (Å²) in [6, 6.07) is 0. The van der Waals surface area contributed by atoms with Crippen molar-refractivity contribution < 1.29 is 38.5 Å². The van der Waals surface area contributed by atoms with Gasteiger partial charge in [0, 0.05) is 23.3 Å². The molecule has 0 aliphatic rings. The van der Waals surface area contributed by atoms with Crippen LogP contribution in [0.2, 0.25) is 0 Å². The lowest BCUT2D eigenvalue weighted by Crippen LogP contribution is -2.10. The number of esters is 3. The minimum Gasteiger partial charge on any atom is -0.478 e. The van der Waals surface area contributed by atoms with Crippen LogP contribution in [-0.2, 0) is 33.4 Å². The van der Waals surface area contributed by atoms with Crippen LogP contribution in [0.1, 0.15) is 61.8 Å². The van der Waals surface area contributed by atoms with Gasteiger partial charge in [0.15, 0.2) is 0 Å². The summed E-state index contributed by atoms with van der Waals surface area (Å²) in [5.41, 5.74) is 0.635. The Morgan fingerprint density at radius 2 is 1.18 bits per heavy atom. The molecule has 0 amide bonds. The minimum absolute atomic E-state index is 0.00972. The smallest absolute Gasteiger partial charge is 0.333 e. The molecule has 0 aromatic carbocycles. The topological polar surface area (TPSA) is 116 Å². The summed E-state index contributed by atoms with van der Waals surface area (Å²) in [5.74, 6) is -1.13. The van der Waals surface area contributed by atoms with Crippen LogP contribution in [-0.4, -0.2) is 48.3 Å². The van der Waals surface area contributed by atoms with Crippen molar-refractivity contribution in [3.63, 3.8) is 0 Å². The van der Waals surface area contributed by atoms with Gasteiger partial charge >= 0.3 is 23.9 Å². The molecule has 0 fully saturated rings. The first-order chi connectivity index (χ1) is 15.5. The number of carboxylic acid groups (broad SMARTS) is 1. The first-order valence-electron chi connectivity index (χ1n) is 10.9. The molecular formula is C26H44O8. The van der Waals surface area contributed by atoms with Crippen molar-refractivity contribution in [1.82, 2.24) is 0 Å². The van der Waals surface area contributed by atoms with Crippen LogP contribution < -0.4 is 0 Å². The standard InChI is InChI=1S/C8H14O2.2C7H12O2.C4H6O2/c1-6(2)5-10-8(9)7(3)4;1-4-7(8)9-5-6(2)3;1-4-6(3)9-7(8)5-2;1-3(2)4(5)6/h6H,3,5H2,1-2,4H3;4,6H,1,5H2,2-3H3;5-6H,2,4H2,1,3H3;1H2,2H3,(H,5,6). The second-order valence-corrected chi connectivity index (χ2v) is 7.95. The monoisotopic (exact) mass is 484 g/mol. The first kappa shape index (κ1) is 38.1. The molecule has 0 aliphatic heterocycles. The van der Waals surface area contributed by atoms with E-state index in [1.807, 2.05) is 41.5 Å². The molecule has 1 N–H and O–H groups in total. The van der Waals surface area contributed by atoms with Crippen LogP contribution in [0.15, 0.2) is 49.6 Å². The summed E-state index contributed by atoms with van der Waals surface area (Å²) in [6.45, 7) is 29.0. The summed E-state index contributed by atoms with van der Waals surface area (Å²) >= 11 is 0. The quantitative estimate of drug-likeness (QED) is 0.252. The Morgan fingerprint density at radius 3 is 1.44 bits per heavy atom. The van der Waals surface area contributed by atoms with Crippen molar-refractivity contribution in [1.29, 1.82) is 0 Å². The van der Waals surface area contributed by atoms with Crippen LogP contribution in [0.25, 0.3) is 0 Å². The number of carbonyl (C=O) groups excluding carboxylic acids is 3. The van der Waals surface area contributed by atoms with E-state index in [1.54, 1.807) is 6.92 Å². The molecule has 0 heterocycles. The molecule has 0 aromatic heterocycles. The molecule has 1 atom stereocenters. The van der Waals surface area contributed by atoms with E-state index in [1.165, 1.54) is 19.1 Å². The molecule has 196 valence electrons. The predicted molar refractivity (Wildman–Crippen MR) is 135 cm³/mol. The van der Waals surface area contributed by atoms with Gasteiger partial charge in [-0.1, -0.05) is 60.9 Å². The van der Waals surface area contributed by atoms with Crippen LogP contribution >= 0.6 is 0 Å². The largest absolute Gasteiger partial charge is 0.478 e. The highest BCUT2D eigenvalue weighted by Gasteiger charge is 2.03. The third kappa shape index (κ3) is 36.2.